The summed E-state index contributed by atoms with van der Waals surface area (Å²) in [4.78, 5) is 14.8. The maximum absolute atomic E-state index is 12.0. The minimum Gasteiger partial charge on any atom is -0.469 e. The van der Waals surface area contributed by atoms with E-state index >= 15 is 0 Å². The number of nitrogens with zero attached hydrogens (tertiary/aromatic N) is 2. The fourth-order valence-corrected chi connectivity index (χ4v) is 2.43. The lowest BCUT2D eigenvalue weighted by atomic mass is 10.2. The van der Waals surface area contributed by atoms with Gasteiger partial charge in [0.15, 0.2) is 0 Å². The number of aromatic nitrogens is 3. The standard InChI is InChI=1S/C11H12N4O4S/c1-19-10(16)6-8-2-4-9(5-3-8)20(17,18)15-11-12-7-13-14-11/h2-5,7H,6H2,1H3,(H2,12,13,14,15). The zero-order chi connectivity index (χ0) is 14.6. The summed E-state index contributed by atoms with van der Waals surface area (Å²) in [5.41, 5.74) is 0.662. The molecule has 2 aromatic rings. The molecule has 0 atom stereocenters. The molecule has 0 amide bonds. The van der Waals surface area contributed by atoms with E-state index in [0.717, 1.165) is 0 Å². The number of H-pyrrole nitrogens is 1. The van der Waals surface area contributed by atoms with Crippen LogP contribution >= 0.6 is 0 Å². The van der Waals surface area contributed by atoms with Gasteiger partial charge in [0.1, 0.15) is 6.33 Å². The molecule has 0 saturated heterocycles. The van der Waals surface area contributed by atoms with Crippen LogP contribution in [0.2, 0.25) is 0 Å². The fourth-order valence-electron chi connectivity index (χ4n) is 1.47. The van der Waals surface area contributed by atoms with E-state index in [1.165, 1.54) is 25.6 Å². The smallest absolute Gasteiger partial charge is 0.309 e. The van der Waals surface area contributed by atoms with Gasteiger partial charge in [-0.25, -0.2) is 18.2 Å². The quantitative estimate of drug-likeness (QED) is 0.768. The number of hydrogen-bond donors (Lipinski definition) is 2. The second-order valence-corrected chi connectivity index (χ2v) is 5.52. The largest absolute Gasteiger partial charge is 0.469 e. The predicted molar refractivity (Wildman–Crippen MR) is 69.4 cm³/mol. The number of sulfonamides is 1. The fraction of sp³-hybridized carbons (Fsp3) is 0.182. The van der Waals surface area contributed by atoms with Crippen molar-refractivity contribution in [1.29, 1.82) is 0 Å². The first kappa shape index (κ1) is 14.0. The summed E-state index contributed by atoms with van der Waals surface area (Å²) >= 11 is 0. The molecule has 0 saturated carbocycles. The number of benzene rings is 1. The Morgan fingerprint density at radius 3 is 2.60 bits per heavy atom. The van der Waals surface area contributed by atoms with Crippen LogP contribution in [-0.4, -0.2) is 36.7 Å². The van der Waals surface area contributed by atoms with E-state index in [9.17, 15) is 13.2 Å². The number of ether oxygens (including phenoxy) is 1. The van der Waals surface area contributed by atoms with Crippen LogP contribution in [0.4, 0.5) is 5.95 Å². The van der Waals surface area contributed by atoms with Crippen LogP contribution in [0.25, 0.3) is 0 Å². The van der Waals surface area contributed by atoms with E-state index in [2.05, 4.69) is 24.6 Å². The van der Waals surface area contributed by atoms with Crippen LogP contribution in [0.15, 0.2) is 35.5 Å². The van der Waals surface area contributed by atoms with Crippen molar-refractivity contribution in [3.63, 3.8) is 0 Å². The van der Waals surface area contributed by atoms with E-state index in [0.29, 0.717) is 5.56 Å². The van der Waals surface area contributed by atoms with E-state index in [1.807, 2.05) is 0 Å². The molecular weight excluding hydrogens is 284 g/mol. The molecule has 1 aromatic carbocycles. The van der Waals surface area contributed by atoms with Crippen molar-refractivity contribution in [1.82, 2.24) is 15.2 Å². The molecule has 20 heavy (non-hydrogen) atoms. The molecular formula is C11H12N4O4S. The monoisotopic (exact) mass is 296 g/mol. The Morgan fingerprint density at radius 1 is 1.35 bits per heavy atom. The molecule has 0 aliphatic carbocycles. The van der Waals surface area contributed by atoms with Gasteiger partial charge in [-0.2, -0.15) is 10.1 Å². The van der Waals surface area contributed by atoms with Crippen LogP contribution in [0.1, 0.15) is 5.56 Å². The van der Waals surface area contributed by atoms with Gasteiger partial charge < -0.3 is 4.74 Å². The van der Waals surface area contributed by atoms with Gasteiger partial charge >= 0.3 is 5.97 Å². The topological polar surface area (TPSA) is 114 Å². The molecule has 0 aliphatic rings. The molecule has 106 valence electrons. The van der Waals surface area contributed by atoms with Gasteiger partial charge in [0.2, 0.25) is 5.95 Å². The molecule has 0 bridgehead atoms. The lowest BCUT2D eigenvalue weighted by molar-refractivity contribution is -0.139. The Morgan fingerprint density at radius 2 is 2.05 bits per heavy atom. The van der Waals surface area contributed by atoms with Crippen LogP contribution < -0.4 is 4.72 Å². The van der Waals surface area contributed by atoms with Crippen molar-refractivity contribution >= 4 is 21.9 Å². The summed E-state index contributed by atoms with van der Waals surface area (Å²) in [7, 11) is -2.44. The van der Waals surface area contributed by atoms with E-state index in [-0.39, 0.29) is 23.2 Å². The van der Waals surface area contributed by atoms with Crippen molar-refractivity contribution < 1.29 is 17.9 Å². The molecule has 0 unspecified atom stereocenters. The maximum Gasteiger partial charge on any atom is 0.309 e. The van der Waals surface area contributed by atoms with E-state index in [4.69, 9.17) is 0 Å². The minimum absolute atomic E-state index is 0.0311. The number of esters is 1. The molecule has 1 heterocycles. The van der Waals surface area contributed by atoms with Crippen molar-refractivity contribution in [2.75, 3.05) is 11.8 Å². The lowest BCUT2D eigenvalue weighted by Crippen LogP contribution is -2.14. The number of carbonyl (C=O) groups is 1. The lowest BCUT2D eigenvalue weighted by Gasteiger charge is -2.06. The SMILES string of the molecule is COC(=O)Cc1ccc(S(=O)(=O)Nc2ncn[nH]2)cc1. The summed E-state index contributed by atoms with van der Waals surface area (Å²) in [5.74, 6) is -0.357. The normalized spacial score (nSPS) is 11.1. The average molecular weight is 296 g/mol. The highest BCUT2D eigenvalue weighted by Crippen LogP contribution is 2.14. The Bertz CT molecular complexity index is 680. The van der Waals surface area contributed by atoms with Gasteiger partial charge in [0, 0.05) is 0 Å². The van der Waals surface area contributed by atoms with Crippen molar-refractivity contribution in [3.8, 4) is 0 Å². The summed E-state index contributed by atoms with van der Waals surface area (Å²) in [6.07, 6.45) is 1.28. The number of hydrogen-bond acceptors (Lipinski definition) is 6. The molecule has 2 rings (SSSR count). The second kappa shape index (κ2) is 5.70. The Hall–Kier alpha value is -2.42. The summed E-state index contributed by atoms with van der Waals surface area (Å²) < 4.78 is 30.8. The second-order valence-electron chi connectivity index (χ2n) is 3.84. The van der Waals surface area contributed by atoms with Gasteiger partial charge in [-0.1, -0.05) is 12.1 Å². The Balaban J connectivity index is 2.14. The first-order valence-electron chi connectivity index (χ1n) is 5.55. The third kappa shape index (κ3) is 3.32. The molecule has 0 spiro atoms. The highest BCUT2D eigenvalue weighted by molar-refractivity contribution is 7.92. The number of methoxy groups -OCH3 is 1. The zero-order valence-corrected chi connectivity index (χ0v) is 11.3. The number of nitrogens with one attached hydrogen (secondary N) is 2. The van der Waals surface area contributed by atoms with Gasteiger partial charge in [0.05, 0.1) is 18.4 Å². The van der Waals surface area contributed by atoms with Crippen molar-refractivity contribution in [3.05, 3.63) is 36.2 Å². The molecule has 0 radical (unpaired) electrons. The number of carbonyl (C=O) groups excluding carboxylic acids is 1. The van der Waals surface area contributed by atoms with Crippen LogP contribution in [0.3, 0.4) is 0 Å². The summed E-state index contributed by atoms with van der Waals surface area (Å²) in [5, 5.41) is 5.94. The third-order valence-electron chi connectivity index (χ3n) is 2.46. The number of aromatic amines is 1. The summed E-state index contributed by atoms with van der Waals surface area (Å²) in [6, 6.07) is 5.89. The van der Waals surface area contributed by atoms with E-state index < -0.39 is 10.0 Å². The maximum atomic E-state index is 12.0. The van der Waals surface area contributed by atoms with Gasteiger partial charge in [0.25, 0.3) is 10.0 Å². The van der Waals surface area contributed by atoms with Gasteiger partial charge in [-0.15, -0.1) is 0 Å². The van der Waals surface area contributed by atoms with E-state index in [1.54, 1.807) is 12.1 Å². The molecule has 0 aliphatic heterocycles. The van der Waals surface area contributed by atoms with Gasteiger partial charge in [-0.3, -0.25) is 4.79 Å². The molecule has 9 heteroatoms. The number of rotatable bonds is 5. The molecule has 0 fully saturated rings. The minimum atomic E-state index is -3.73. The first-order chi connectivity index (χ1) is 9.51. The van der Waals surface area contributed by atoms with Gasteiger partial charge in [-0.05, 0) is 17.7 Å². The molecule has 1 aromatic heterocycles. The average Bonchev–Trinajstić information content (AvgIpc) is 2.91. The Kier molecular flexibility index (Phi) is 3.99. The Labute approximate surface area is 115 Å². The third-order valence-corrected chi connectivity index (χ3v) is 3.81. The van der Waals surface area contributed by atoms with Crippen LogP contribution in [0.5, 0.6) is 0 Å². The highest BCUT2D eigenvalue weighted by Gasteiger charge is 2.15. The van der Waals surface area contributed by atoms with Crippen molar-refractivity contribution in [2.45, 2.75) is 11.3 Å². The zero-order valence-electron chi connectivity index (χ0n) is 10.5. The van der Waals surface area contributed by atoms with Crippen LogP contribution in [0, 0.1) is 0 Å². The van der Waals surface area contributed by atoms with Crippen LogP contribution in [-0.2, 0) is 26.0 Å². The van der Waals surface area contributed by atoms with Crippen molar-refractivity contribution in [2.24, 2.45) is 0 Å². The highest BCUT2D eigenvalue weighted by atomic mass is 32.2. The summed E-state index contributed by atoms with van der Waals surface area (Å²) in [6.45, 7) is 0. The molecule has 2 N–H and O–H groups in total. The number of anilines is 1. The predicted octanol–water partition coefficient (Wildman–Crippen LogP) is 0.321. The molecule has 8 nitrogen and oxygen atoms in total. The first-order valence-corrected chi connectivity index (χ1v) is 7.03.